The van der Waals surface area contributed by atoms with E-state index in [1.807, 2.05) is 0 Å². The Hall–Kier alpha value is -1.42. The molecule has 0 saturated carbocycles. The molecule has 0 unspecified atom stereocenters. The number of nitrogens with zero attached hydrogens (tertiary/aromatic N) is 2. The van der Waals surface area contributed by atoms with Gasteiger partial charge in [0.2, 0.25) is 5.89 Å². The van der Waals surface area contributed by atoms with E-state index >= 15 is 0 Å². The van der Waals surface area contributed by atoms with Crippen LogP contribution in [0.1, 0.15) is 11.5 Å². The predicted octanol–water partition coefficient (Wildman–Crippen LogP) is 2.45. The Balaban J connectivity index is 2.23. The van der Waals surface area contributed by atoms with Crippen LogP contribution in [0.3, 0.4) is 0 Å². The van der Waals surface area contributed by atoms with Gasteiger partial charge in [0.1, 0.15) is 5.82 Å². The monoisotopic (exact) mass is 212 g/mol. The molecule has 0 aliphatic rings. The van der Waals surface area contributed by atoms with Gasteiger partial charge in [-0.25, -0.2) is 4.39 Å². The normalized spacial score (nSPS) is 10.4. The van der Waals surface area contributed by atoms with Gasteiger partial charge in [-0.3, -0.25) is 0 Å². The summed E-state index contributed by atoms with van der Waals surface area (Å²) in [5.41, 5.74) is 0.507. The fourth-order valence-corrected chi connectivity index (χ4v) is 1.24. The molecule has 0 aliphatic heterocycles. The Morgan fingerprint density at radius 3 is 2.71 bits per heavy atom. The van der Waals surface area contributed by atoms with E-state index in [1.54, 1.807) is 18.2 Å². The summed E-state index contributed by atoms with van der Waals surface area (Å²) in [6.07, 6.45) is 0.256. The molecule has 14 heavy (non-hydrogen) atoms. The summed E-state index contributed by atoms with van der Waals surface area (Å²) in [6, 6.07) is 6.41. The molecular formula is C9H6ClFN2O. The van der Waals surface area contributed by atoms with Crippen molar-refractivity contribution in [3.8, 4) is 0 Å². The van der Waals surface area contributed by atoms with Crippen molar-refractivity contribution in [2.45, 2.75) is 6.42 Å². The maximum Gasteiger partial charge on any atom is 0.312 e. The zero-order chi connectivity index (χ0) is 9.97. The lowest BCUT2D eigenvalue weighted by atomic mass is 10.1. The van der Waals surface area contributed by atoms with Crippen molar-refractivity contribution < 1.29 is 8.81 Å². The summed E-state index contributed by atoms with van der Waals surface area (Å²) in [4.78, 5) is 0. The van der Waals surface area contributed by atoms with E-state index in [9.17, 15) is 4.39 Å². The van der Waals surface area contributed by atoms with Crippen LogP contribution < -0.4 is 0 Å². The number of hydrogen-bond donors (Lipinski definition) is 0. The van der Waals surface area contributed by atoms with Gasteiger partial charge in [0.05, 0.1) is 6.42 Å². The quantitative estimate of drug-likeness (QED) is 0.768. The number of halogens is 2. The van der Waals surface area contributed by atoms with Crippen molar-refractivity contribution in [3.63, 3.8) is 0 Å². The van der Waals surface area contributed by atoms with E-state index in [-0.39, 0.29) is 17.6 Å². The van der Waals surface area contributed by atoms with Crippen LogP contribution in [0.4, 0.5) is 4.39 Å². The van der Waals surface area contributed by atoms with E-state index in [0.717, 1.165) is 0 Å². The average molecular weight is 213 g/mol. The SMILES string of the molecule is Fc1ccccc1Cc1nnc(Cl)o1. The highest BCUT2D eigenvalue weighted by molar-refractivity contribution is 6.27. The van der Waals surface area contributed by atoms with Crippen molar-refractivity contribution >= 4 is 11.6 Å². The zero-order valence-electron chi connectivity index (χ0n) is 7.08. The summed E-state index contributed by atoms with van der Waals surface area (Å²) < 4.78 is 18.1. The first-order valence-electron chi connectivity index (χ1n) is 3.97. The van der Waals surface area contributed by atoms with Crippen molar-refractivity contribution in [2.75, 3.05) is 0 Å². The van der Waals surface area contributed by atoms with Gasteiger partial charge in [0.25, 0.3) is 0 Å². The summed E-state index contributed by atoms with van der Waals surface area (Å²) in [7, 11) is 0. The van der Waals surface area contributed by atoms with Crippen molar-refractivity contribution in [1.82, 2.24) is 10.2 Å². The van der Waals surface area contributed by atoms with Gasteiger partial charge < -0.3 is 4.42 Å². The van der Waals surface area contributed by atoms with Gasteiger partial charge in [-0.15, -0.1) is 5.10 Å². The van der Waals surface area contributed by atoms with Crippen molar-refractivity contribution in [3.05, 3.63) is 46.9 Å². The smallest absolute Gasteiger partial charge is 0.312 e. The highest BCUT2D eigenvalue weighted by atomic mass is 35.5. The molecule has 0 N–H and O–H groups in total. The van der Waals surface area contributed by atoms with Gasteiger partial charge in [-0.1, -0.05) is 23.3 Å². The summed E-state index contributed by atoms with van der Waals surface area (Å²) in [6.45, 7) is 0. The summed E-state index contributed by atoms with van der Waals surface area (Å²) in [5, 5.41) is 7.07. The molecule has 5 heteroatoms. The van der Waals surface area contributed by atoms with Crippen LogP contribution in [0, 0.1) is 5.82 Å². The molecule has 0 aliphatic carbocycles. The fourth-order valence-electron chi connectivity index (χ4n) is 1.11. The van der Waals surface area contributed by atoms with E-state index in [2.05, 4.69) is 10.2 Å². The van der Waals surface area contributed by atoms with Crippen LogP contribution in [0.2, 0.25) is 5.35 Å². The lowest BCUT2D eigenvalue weighted by Gasteiger charge is -1.97. The van der Waals surface area contributed by atoms with E-state index in [4.69, 9.17) is 16.0 Å². The molecule has 0 radical (unpaired) electrons. The molecule has 2 rings (SSSR count). The van der Waals surface area contributed by atoms with Crippen molar-refractivity contribution in [2.24, 2.45) is 0 Å². The first-order chi connectivity index (χ1) is 6.75. The molecule has 1 heterocycles. The predicted molar refractivity (Wildman–Crippen MR) is 48.5 cm³/mol. The third kappa shape index (κ3) is 1.90. The van der Waals surface area contributed by atoms with Crippen LogP contribution in [-0.2, 0) is 6.42 Å². The highest BCUT2D eigenvalue weighted by Crippen LogP contribution is 2.13. The minimum atomic E-state index is -0.290. The van der Waals surface area contributed by atoms with E-state index < -0.39 is 0 Å². The van der Waals surface area contributed by atoms with E-state index in [0.29, 0.717) is 11.5 Å². The van der Waals surface area contributed by atoms with E-state index in [1.165, 1.54) is 6.07 Å². The molecule has 0 amide bonds. The largest absolute Gasteiger partial charge is 0.412 e. The highest BCUT2D eigenvalue weighted by Gasteiger charge is 2.07. The third-order valence-corrected chi connectivity index (χ3v) is 1.89. The van der Waals surface area contributed by atoms with Gasteiger partial charge in [0, 0.05) is 0 Å². The second-order valence-electron chi connectivity index (χ2n) is 2.72. The maximum absolute atomic E-state index is 13.2. The number of benzene rings is 1. The molecule has 2 aromatic rings. The average Bonchev–Trinajstić information content (AvgIpc) is 2.56. The van der Waals surface area contributed by atoms with Crippen LogP contribution in [0.15, 0.2) is 28.7 Å². The van der Waals surface area contributed by atoms with Crippen molar-refractivity contribution in [1.29, 1.82) is 0 Å². The first-order valence-corrected chi connectivity index (χ1v) is 4.35. The van der Waals surface area contributed by atoms with Gasteiger partial charge in [-0.2, -0.15) is 0 Å². The Morgan fingerprint density at radius 1 is 1.29 bits per heavy atom. The third-order valence-electron chi connectivity index (χ3n) is 1.74. The minimum Gasteiger partial charge on any atom is -0.412 e. The van der Waals surface area contributed by atoms with Crippen LogP contribution >= 0.6 is 11.6 Å². The second kappa shape index (κ2) is 3.75. The minimum absolute atomic E-state index is 0.0312. The van der Waals surface area contributed by atoms with Gasteiger partial charge in [-0.05, 0) is 23.2 Å². The summed E-state index contributed by atoms with van der Waals surface area (Å²) >= 11 is 5.43. The Morgan fingerprint density at radius 2 is 2.07 bits per heavy atom. The summed E-state index contributed by atoms with van der Waals surface area (Å²) in [5.74, 6) is 0.0157. The van der Waals surface area contributed by atoms with Crippen LogP contribution in [0.25, 0.3) is 0 Å². The first kappa shape index (κ1) is 9.15. The molecule has 0 spiro atoms. The number of hydrogen-bond acceptors (Lipinski definition) is 3. The van der Waals surface area contributed by atoms with Crippen LogP contribution in [0.5, 0.6) is 0 Å². The van der Waals surface area contributed by atoms with Gasteiger partial charge in [0.15, 0.2) is 0 Å². The molecule has 0 atom stereocenters. The molecule has 3 nitrogen and oxygen atoms in total. The lowest BCUT2D eigenvalue weighted by molar-refractivity contribution is 0.501. The molecule has 0 bridgehead atoms. The fraction of sp³-hybridized carbons (Fsp3) is 0.111. The molecular weight excluding hydrogens is 207 g/mol. The Labute approximate surface area is 84.5 Å². The van der Waals surface area contributed by atoms with Crippen LogP contribution in [-0.4, -0.2) is 10.2 Å². The lowest BCUT2D eigenvalue weighted by Crippen LogP contribution is -1.92. The molecule has 1 aromatic heterocycles. The Kier molecular flexibility index (Phi) is 2.45. The zero-order valence-corrected chi connectivity index (χ0v) is 7.83. The molecule has 0 saturated heterocycles. The molecule has 0 fully saturated rings. The second-order valence-corrected chi connectivity index (χ2v) is 3.04. The van der Waals surface area contributed by atoms with Gasteiger partial charge >= 0.3 is 5.35 Å². The molecule has 72 valence electrons. The topological polar surface area (TPSA) is 38.9 Å². The standard InChI is InChI=1S/C9H6ClFN2O/c10-9-13-12-8(14-9)5-6-3-1-2-4-7(6)11/h1-4H,5H2. The number of rotatable bonds is 2. The molecule has 1 aromatic carbocycles. The number of aromatic nitrogens is 2. The maximum atomic E-state index is 13.2. The Bertz CT molecular complexity index is 444.